The molecule has 13 rings (SSSR count). The van der Waals surface area contributed by atoms with Crippen LogP contribution in [0.4, 0.5) is 0 Å². The smallest absolute Gasteiger partial charge is 0.164 e. The summed E-state index contributed by atoms with van der Waals surface area (Å²) in [6.07, 6.45) is 0. The standard InChI is InChI=1S/C57H35N5O/c1-3-16-36(17-4-1)55-58-56(37-30-32-43-42-22-7-11-26-48(42)61(51(43)34-37)39-18-5-2-6-19-39)60-57(59-55)38-31-33-44(46-24-15-25-47-45-23-10-14-29-53(45)63-54(46)47)52(35-38)62-49-27-12-8-20-40(49)41-21-9-13-28-50(41)62/h1-35H/i10D,15D,23D,24D,25D,29D. The zero-order valence-corrected chi connectivity index (χ0v) is 33.4. The van der Waals surface area contributed by atoms with Crippen LogP contribution in [0.5, 0.6) is 0 Å². The van der Waals surface area contributed by atoms with Crippen LogP contribution in [0.1, 0.15) is 8.22 Å². The van der Waals surface area contributed by atoms with Gasteiger partial charge in [-0.2, -0.15) is 0 Å². The highest BCUT2D eigenvalue weighted by molar-refractivity contribution is 6.13. The average Bonchev–Trinajstić information content (AvgIpc) is 4.07. The lowest BCUT2D eigenvalue weighted by Gasteiger charge is -2.16. The average molecular weight is 812 g/mol. The number of hydrogen-bond acceptors (Lipinski definition) is 4. The van der Waals surface area contributed by atoms with Crippen LogP contribution < -0.4 is 0 Å². The topological polar surface area (TPSA) is 61.7 Å². The highest BCUT2D eigenvalue weighted by Gasteiger charge is 2.22. The third-order valence-corrected chi connectivity index (χ3v) is 11.9. The van der Waals surface area contributed by atoms with E-state index < -0.39 is 0 Å². The first kappa shape index (κ1) is 29.6. The monoisotopic (exact) mass is 811 g/mol. The van der Waals surface area contributed by atoms with Gasteiger partial charge in [0, 0.05) is 65.8 Å². The maximum atomic E-state index is 9.51. The highest BCUT2D eigenvalue weighted by atomic mass is 16.3. The summed E-state index contributed by atoms with van der Waals surface area (Å²) in [4.78, 5) is 15.5. The summed E-state index contributed by atoms with van der Waals surface area (Å²) in [6.45, 7) is 0. The molecule has 0 saturated carbocycles. The van der Waals surface area contributed by atoms with Crippen molar-refractivity contribution in [3.05, 3.63) is 212 Å². The van der Waals surface area contributed by atoms with Gasteiger partial charge in [-0.15, -0.1) is 0 Å². The van der Waals surface area contributed by atoms with Crippen LogP contribution in [0.2, 0.25) is 0 Å². The van der Waals surface area contributed by atoms with E-state index >= 15 is 0 Å². The Morgan fingerprint density at radius 2 is 0.937 bits per heavy atom. The van der Waals surface area contributed by atoms with Crippen molar-refractivity contribution in [2.24, 2.45) is 0 Å². The van der Waals surface area contributed by atoms with Crippen LogP contribution in [0.25, 0.3) is 122 Å². The Morgan fingerprint density at radius 1 is 0.381 bits per heavy atom. The number of nitrogens with zero attached hydrogens (tertiary/aromatic N) is 5. The second-order valence-corrected chi connectivity index (χ2v) is 15.5. The molecule has 9 aromatic carbocycles. The lowest BCUT2D eigenvalue weighted by atomic mass is 9.98. The lowest BCUT2D eigenvalue weighted by Crippen LogP contribution is -2.02. The Balaban J connectivity index is 1.10. The molecule has 63 heavy (non-hydrogen) atoms. The molecule has 0 amide bonds. The number of fused-ring (bicyclic) bond motifs is 9. The minimum absolute atomic E-state index is 0.0225. The molecule has 0 aliphatic heterocycles. The summed E-state index contributed by atoms with van der Waals surface area (Å²) in [7, 11) is 0. The van der Waals surface area contributed by atoms with E-state index in [0.29, 0.717) is 34.3 Å². The van der Waals surface area contributed by atoms with E-state index in [1.807, 2.05) is 103 Å². The van der Waals surface area contributed by atoms with Crippen molar-refractivity contribution in [1.82, 2.24) is 24.1 Å². The molecule has 4 aromatic heterocycles. The molecule has 0 aliphatic rings. The molecule has 0 N–H and O–H groups in total. The van der Waals surface area contributed by atoms with Crippen LogP contribution in [0.15, 0.2) is 217 Å². The second kappa shape index (κ2) is 14.0. The van der Waals surface area contributed by atoms with Crippen molar-refractivity contribution in [2.45, 2.75) is 0 Å². The minimum Gasteiger partial charge on any atom is -0.455 e. The van der Waals surface area contributed by atoms with Crippen molar-refractivity contribution in [3.63, 3.8) is 0 Å². The van der Waals surface area contributed by atoms with Gasteiger partial charge in [-0.05, 0) is 48.5 Å². The van der Waals surface area contributed by atoms with Gasteiger partial charge in [0.1, 0.15) is 11.2 Å². The zero-order chi connectivity index (χ0) is 46.7. The van der Waals surface area contributed by atoms with Gasteiger partial charge >= 0.3 is 0 Å². The molecule has 6 heteroatoms. The van der Waals surface area contributed by atoms with E-state index in [0.717, 1.165) is 60.4 Å². The molecule has 13 aromatic rings. The van der Waals surface area contributed by atoms with Crippen molar-refractivity contribution < 1.29 is 12.6 Å². The molecular formula is C57H35N5O. The van der Waals surface area contributed by atoms with E-state index in [1.54, 1.807) is 0 Å². The fraction of sp³-hybridized carbons (Fsp3) is 0. The third kappa shape index (κ3) is 5.55. The van der Waals surface area contributed by atoms with Crippen LogP contribution in [-0.4, -0.2) is 24.1 Å². The second-order valence-electron chi connectivity index (χ2n) is 15.5. The molecule has 0 saturated heterocycles. The number of para-hydroxylation sites is 6. The van der Waals surface area contributed by atoms with Gasteiger partial charge in [-0.3, -0.25) is 0 Å². The van der Waals surface area contributed by atoms with Gasteiger partial charge in [0.05, 0.1) is 36.0 Å². The SMILES string of the molecule is [2H]c1cc([2H])c2oc3c(-c4ccc(-c5nc(-c6ccccc6)nc(-c6ccc7c8ccccc8n(-c8ccccc8)c7c6)n5)cc4-n4c5ccccc5c5ccccc54)c([2H])c([2H])c([2H])c3c2c1[2H]. The summed E-state index contributed by atoms with van der Waals surface area (Å²) in [5, 5.41) is 4.46. The Labute approximate surface area is 370 Å². The first-order valence-electron chi connectivity index (χ1n) is 23.7. The van der Waals surface area contributed by atoms with Crippen LogP contribution in [0, 0.1) is 0 Å². The maximum absolute atomic E-state index is 9.51. The van der Waals surface area contributed by atoms with Gasteiger partial charge < -0.3 is 13.6 Å². The molecule has 0 bridgehead atoms. The first-order valence-corrected chi connectivity index (χ1v) is 20.7. The van der Waals surface area contributed by atoms with Crippen LogP contribution in [0.3, 0.4) is 0 Å². The molecule has 4 heterocycles. The molecule has 0 aliphatic carbocycles. The predicted molar refractivity (Wildman–Crippen MR) is 258 cm³/mol. The van der Waals surface area contributed by atoms with Crippen molar-refractivity contribution >= 4 is 65.6 Å². The van der Waals surface area contributed by atoms with E-state index in [4.69, 9.17) is 26.2 Å². The highest BCUT2D eigenvalue weighted by Crippen LogP contribution is 2.42. The Kier molecular flexibility index (Phi) is 6.56. The van der Waals surface area contributed by atoms with E-state index in [1.165, 1.54) is 6.07 Å². The predicted octanol–water partition coefficient (Wildman–Crippen LogP) is 14.6. The largest absolute Gasteiger partial charge is 0.455 e. The molecule has 0 radical (unpaired) electrons. The van der Waals surface area contributed by atoms with Gasteiger partial charge in [-0.1, -0.05) is 164 Å². The van der Waals surface area contributed by atoms with Crippen LogP contribution in [-0.2, 0) is 0 Å². The summed E-state index contributed by atoms with van der Waals surface area (Å²) in [5.74, 6) is 1.36. The Hall–Kier alpha value is -8.61. The molecule has 0 atom stereocenters. The quantitative estimate of drug-likeness (QED) is 0.168. The van der Waals surface area contributed by atoms with Gasteiger partial charge in [0.25, 0.3) is 0 Å². The van der Waals surface area contributed by atoms with E-state index in [-0.39, 0.29) is 63.8 Å². The summed E-state index contributed by atoms with van der Waals surface area (Å²) < 4.78 is 64.6. The normalized spacial score (nSPS) is 13.1. The van der Waals surface area contributed by atoms with Crippen LogP contribution >= 0.6 is 0 Å². The summed E-state index contributed by atoms with van der Waals surface area (Å²) >= 11 is 0. The number of benzene rings is 9. The molecule has 0 unspecified atom stereocenters. The number of rotatable bonds is 6. The van der Waals surface area contributed by atoms with Crippen molar-refractivity contribution in [3.8, 4) is 56.7 Å². The van der Waals surface area contributed by atoms with E-state index in [9.17, 15) is 1.37 Å². The summed E-state index contributed by atoms with van der Waals surface area (Å²) in [5.41, 5.74) is 8.61. The van der Waals surface area contributed by atoms with Gasteiger partial charge in [-0.25, -0.2) is 15.0 Å². The van der Waals surface area contributed by atoms with Gasteiger partial charge in [0.15, 0.2) is 17.5 Å². The number of hydrogen-bond donors (Lipinski definition) is 0. The molecule has 0 fully saturated rings. The lowest BCUT2D eigenvalue weighted by molar-refractivity contribution is 0.670. The zero-order valence-electron chi connectivity index (χ0n) is 39.4. The molecule has 0 spiro atoms. The Bertz CT molecular complexity index is 4220. The minimum atomic E-state index is -0.364. The Morgan fingerprint density at radius 3 is 1.63 bits per heavy atom. The van der Waals surface area contributed by atoms with Gasteiger partial charge in [0.2, 0.25) is 0 Å². The number of aromatic nitrogens is 5. The fourth-order valence-corrected chi connectivity index (χ4v) is 9.12. The maximum Gasteiger partial charge on any atom is 0.164 e. The summed E-state index contributed by atoms with van der Waals surface area (Å²) in [6, 6.07) is 56.6. The fourth-order valence-electron chi connectivity index (χ4n) is 9.12. The molecule has 294 valence electrons. The van der Waals surface area contributed by atoms with Crippen molar-refractivity contribution in [1.29, 1.82) is 0 Å². The molecular weight excluding hydrogens is 771 g/mol. The molecule has 6 nitrogen and oxygen atoms in total. The van der Waals surface area contributed by atoms with E-state index in [2.05, 4.69) is 75.9 Å². The third-order valence-electron chi connectivity index (χ3n) is 11.9. The van der Waals surface area contributed by atoms with Crippen molar-refractivity contribution in [2.75, 3.05) is 0 Å². The number of furan rings is 1. The first-order chi connectivity index (χ1) is 33.7.